The molecule has 1 atom stereocenters. The maximum absolute atomic E-state index is 6.71. The minimum Gasteiger partial charge on any atom is -0.355 e. The molecular formula is C26H27N7. The quantitative estimate of drug-likeness (QED) is 0.508. The zero-order valence-corrected chi connectivity index (χ0v) is 18.5. The molecule has 1 aromatic carbocycles. The lowest BCUT2D eigenvalue weighted by Crippen LogP contribution is -2.44. The summed E-state index contributed by atoms with van der Waals surface area (Å²) in [5.74, 6) is 0.916. The van der Waals surface area contributed by atoms with Crippen molar-refractivity contribution in [2.24, 2.45) is 11.1 Å². The number of rotatable bonds is 3. The van der Waals surface area contributed by atoms with Crippen molar-refractivity contribution in [3.8, 4) is 0 Å². The molecule has 0 amide bonds. The number of pyridine rings is 1. The maximum atomic E-state index is 6.71. The van der Waals surface area contributed by atoms with Gasteiger partial charge in [-0.2, -0.15) is 5.10 Å². The number of hydrogen-bond acceptors (Lipinski definition) is 6. The number of benzene rings is 1. The van der Waals surface area contributed by atoms with E-state index in [9.17, 15) is 0 Å². The fourth-order valence-corrected chi connectivity index (χ4v) is 6.15. The first kappa shape index (κ1) is 19.2. The molecule has 0 bridgehead atoms. The van der Waals surface area contributed by atoms with Gasteiger partial charge in [-0.1, -0.05) is 36.4 Å². The normalized spacial score (nSPS) is 22.6. The first-order chi connectivity index (χ1) is 16.2. The summed E-state index contributed by atoms with van der Waals surface area (Å²) in [6.45, 7) is 1.85. The highest BCUT2D eigenvalue weighted by Crippen LogP contribution is 2.54. The zero-order chi connectivity index (χ0) is 22.0. The summed E-state index contributed by atoms with van der Waals surface area (Å²) in [6, 6.07) is 14.9. The minimum absolute atomic E-state index is 0.0190. The number of hydrogen-bond donors (Lipinski definition) is 2. The lowest BCUT2D eigenvalue weighted by atomic mass is 9.73. The summed E-state index contributed by atoms with van der Waals surface area (Å²) in [7, 11) is 0. The zero-order valence-electron chi connectivity index (χ0n) is 18.5. The standard InChI is InChI=1S/C26H27N7/c27-22-18-7-4-12-28-19(18)15-25(22)10-13-33(14-11-25)20-16-29-21-23(31-32-24(21)30-20)26(8-9-26)17-5-2-1-3-6-17/h1-7,12,16,22H,8-11,13-15,27H2,(H,30,31,32)/t22-/m1/s1. The number of nitrogens with two attached hydrogens (primary N) is 1. The molecule has 7 rings (SSSR count). The Hall–Kier alpha value is -3.32. The van der Waals surface area contributed by atoms with Crippen LogP contribution in [-0.2, 0) is 11.8 Å². The van der Waals surface area contributed by atoms with Crippen molar-refractivity contribution >= 4 is 17.0 Å². The third kappa shape index (κ3) is 2.78. The summed E-state index contributed by atoms with van der Waals surface area (Å²) < 4.78 is 0. The van der Waals surface area contributed by atoms with Crippen LogP contribution in [0.3, 0.4) is 0 Å². The first-order valence-corrected chi connectivity index (χ1v) is 11.9. The van der Waals surface area contributed by atoms with Crippen molar-refractivity contribution in [2.75, 3.05) is 18.0 Å². The van der Waals surface area contributed by atoms with Crippen LogP contribution in [0.4, 0.5) is 5.82 Å². The second-order valence-electron chi connectivity index (χ2n) is 9.99. The van der Waals surface area contributed by atoms with E-state index in [-0.39, 0.29) is 16.9 Å². The van der Waals surface area contributed by atoms with E-state index in [4.69, 9.17) is 20.8 Å². The second-order valence-corrected chi connectivity index (χ2v) is 9.99. The van der Waals surface area contributed by atoms with Crippen LogP contribution >= 0.6 is 0 Å². The van der Waals surface area contributed by atoms with Crippen molar-refractivity contribution < 1.29 is 0 Å². The van der Waals surface area contributed by atoms with Crippen LogP contribution in [0.5, 0.6) is 0 Å². The van der Waals surface area contributed by atoms with Crippen molar-refractivity contribution in [2.45, 2.75) is 43.6 Å². The minimum atomic E-state index is -0.0190. The molecule has 2 aliphatic carbocycles. The van der Waals surface area contributed by atoms with Gasteiger partial charge < -0.3 is 10.6 Å². The Kier molecular flexibility index (Phi) is 3.97. The number of H-pyrrole nitrogens is 1. The highest BCUT2D eigenvalue weighted by molar-refractivity contribution is 5.77. The first-order valence-electron chi connectivity index (χ1n) is 11.9. The average Bonchev–Trinajstić information content (AvgIpc) is 3.49. The number of anilines is 1. The molecule has 166 valence electrons. The summed E-state index contributed by atoms with van der Waals surface area (Å²) in [5.41, 5.74) is 13.2. The van der Waals surface area contributed by atoms with E-state index in [0.717, 1.165) is 67.9 Å². The summed E-state index contributed by atoms with van der Waals surface area (Å²) in [6.07, 6.45) is 9.07. The van der Waals surface area contributed by atoms with Crippen LogP contribution in [0.2, 0.25) is 0 Å². The van der Waals surface area contributed by atoms with Crippen LogP contribution in [0.15, 0.2) is 54.9 Å². The van der Waals surface area contributed by atoms with Gasteiger partial charge >= 0.3 is 0 Å². The smallest absolute Gasteiger partial charge is 0.176 e. The predicted octanol–water partition coefficient (Wildman–Crippen LogP) is 3.67. The maximum Gasteiger partial charge on any atom is 0.176 e. The lowest BCUT2D eigenvalue weighted by Gasteiger charge is -2.42. The number of aromatic amines is 1. The number of piperidine rings is 1. The third-order valence-electron chi connectivity index (χ3n) is 8.31. The van der Waals surface area contributed by atoms with E-state index >= 15 is 0 Å². The Morgan fingerprint density at radius 2 is 1.79 bits per heavy atom. The van der Waals surface area contributed by atoms with Crippen LogP contribution in [-0.4, -0.2) is 38.2 Å². The molecule has 4 heterocycles. The van der Waals surface area contributed by atoms with Crippen LogP contribution in [0, 0.1) is 5.41 Å². The van der Waals surface area contributed by atoms with Crippen molar-refractivity contribution in [1.82, 2.24) is 25.1 Å². The van der Waals surface area contributed by atoms with Gasteiger partial charge in [0.25, 0.3) is 0 Å². The Balaban J connectivity index is 1.13. The van der Waals surface area contributed by atoms with Gasteiger partial charge in [-0.25, -0.2) is 9.97 Å². The van der Waals surface area contributed by atoms with Crippen molar-refractivity contribution in [3.05, 3.63) is 77.4 Å². The molecular weight excluding hydrogens is 410 g/mol. The summed E-state index contributed by atoms with van der Waals surface area (Å²) in [4.78, 5) is 16.7. The van der Waals surface area contributed by atoms with Crippen LogP contribution in [0.1, 0.15) is 54.2 Å². The predicted molar refractivity (Wildman–Crippen MR) is 127 cm³/mol. The van der Waals surface area contributed by atoms with Crippen LogP contribution < -0.4 is 10.6 Å². The highest BCUT2D eigenvalue weighted by atomic mass is 15.2. The SMILES string of the molecule is N[C@@H]1c2cccnc2CC12CCN(c1cnc3c(C4(c5ccccc5)CC4)n[nH]c3n1)CC2. The van der Waals surface area contributed by atoms with Gasteiger partial charge in [-0.15, -0.1) is 0 Å². The molecule has 33 heavy (non-hydrogen) atoms. The molecule has 3 N–H and O–H groups in total. The van der Waals surface area contributed by atoms with E-state index in [1.807, 2.05) is 18.5 Å². The molecule has 3 aromatic heterocycles. The van der Waals surface area contributed by atoms with E-state index in [0.29, 0.717) is 0 Å². The van der Waals surface area contributed by atoms with E-state index < -0.39 is 0 Å². The highest BCUT2D eigenvalue weighted by Gasteiger charge is 2.49. The Morgan fingerprint density at radius 1 is 0.970 bits per heavy atom. The van der Waals surface area contributed by atoms with Gasteiger partial charge in [0.1, 0.15) is 17.0 Å². The van der Waals surface area contributed by atoms with Gasteiger partial charge in [-0.3, -0.25) is 10.1 Å². The topological polar surface area (TPSA) is 96.6 Å². The largest absolute Gasteiger partial charge is 0.355 e. The molecule has 1 spiro atoms. The Morgan fingerprint density at radius 3 is 2.55 bits per heavy atom. The molecule has 0 radical (unpaired) electrons. The Labute approximate surface area is 192 Å². The van der Waals surface area contributed by atoms with Crippen molar-refractivity contribution in [1.29, 1.82) is 0 Å². The van der Waals surface area contributed by atoms with Crippen molar-refractivity contribution in [3.63, 3.8) is 0 Å². The monoisotopic (exact) mass is 437 g/mol. The summed E-state index contributed by atoms with van der Waals surface area (Å²) in [5, 5.41) is 7.86. The van der Waals surface area contributed by atoms with Gasteiger partial charge in [0, 0.05) is 36.4 Å². The van der Waals surface area contributed by atoms with Gasteiger partial charge in [-0.05, 0) is 54.7 Å². The average molecular weight is 438 g/mol. The van der Waals surface area contributed by atoms with E-state index in [1.54, 1.807) is 0 Å². The number of aromatic nitrogens is 5. The fraction of sp³-hybridized carbons (Fsp3) is 0.385. The van der Waals surface area contributed by atoms with Gasteiger partial charge in [0.15, 0.2) is 5.65 Å². The molecule has 1 aliphatic heterocycles. The molecule has 1 saturated carbocycles. The van der Waals surface area contributed by atoms with Gasteiger partial charge in [0.2, 0.25) is 0 Å². The second kappa shape index (κ2) is 6.84. The lowest BCUT2D eigenvalue weighted by molar-refractivity contribution is 0.186. The number of fused-ring (bicyclic) bond motifs is 2. The van der Waals surface area contributed by atoms with Crippen LogP contribution in [0.25, 0.3) is 11.2 Å². The Bertz CT molecular complexity index is 1330. The molecule has 7 nitrogen and oxygen atoms in total. The third-order valence-corrected chi connectivity index (χ3v) is 8.31. The van der Waals surface area contributed by atoms with E-state index in [1.165, 1.54) is 16.8 Å². The molecule has 1 saturated heterocycles. The molecule has 4 aromatic rings. The molecule has 0 unspecified atom stereocenters. The number of nitrogens with zero attached hydrogens (tertiary/aromatic N) is 5. The molecule has 2 fully saturated rings. The number of nitrogens with one attached hydrogen (secondary N) is 1. The van der Waals surface area contributed by atoms with Gasteiger partial charge in [0.05, 0.1) is 6.20 Å². The molecule has 7 heteroatoms. The molecule has 3 aliphatic rings. The fourth-order valence-electron chi connectivity index (χ4n) is 6.15. The van der Waals surface area contributed by atoms with E-state index in [2.05, 4.69) is 51.4 Å². The summed E-state index contributed by atoms with van der Waals surface area (Å²) >= 11 is 0.